The summed E-state index contributed by atoms with van der Waals surface area (Å²) < 4.78 is 0. The van der Waals surface area contributed by atoms with Gasteiger partial charge in [0.05, 0.1) is 0 Å². The van der Waals surface area contributed by atoms with Crippen LogP contribution < -0.4 is 5.32 Å². The number of nitrogens with zero attached hydrogens (tertiary/aromatic N) is 1. The second kappa shape index (κ2) is 5.71. The first-order valence-corrected chi connectivity index (χ1v) is 6.84. The van der Waals surface area contributed by atoms with E-state index in [1.807, 2.05) is 13.8 Å². The zero-order chi connectivity index (χ0) is 14.9. The molecule has 0 radical (unpaired) electrons. The highest BCUT2D eigenvalue weighted by Crippen LogP contribution is 2.26. The zero-order valence-corrected chi connectivity index (χ0v) is 12.1. The number of carbonyl (C=O) groups is 2. The van der Waals surface area contributed by atoms with Gasteiger partial charge >= 0.3 is 12.0 Å². The van der Waals surface area contributed by atoms with Crippen molar-refractivity contribution >= 4 is 29.3 Å². The Bertz CT molecular complexity index is 547. The van der Waals surface area contributed by atoms with E-state index in [9.17, 15) is 14.7 Å². The van der Waals surface area contributed by atoms with E-state index in [4.69, 9.17) is 11.6 Å². The number of likely N-dealkylation sites (tertiary alicyclic amines) is 1. The smallest absolute Gasteiger partial charge is 0.326 e. The van der Waals surface area contributed by atoms with Gasteiger partial charge < -0.3 is 15.3 Å². The van der Waals surface area contributed by atoms with Gasteiger partial charge in [-0.05, 0) is 37.0 Å². The Morgan fingerprint density at radius 3 is 2.80 bits per heavy atom. The number of benzene rings is 1. The van der Waals surface area contributed by atoms with Crippen molar-refractivity contribution in [1.29, 1.82) is 0 Å². The van der Waals surface area contributed by atoms with Crippen LogP contribution in [0.25, 0.3) is 0 Å². The van der Waals surface area contributed by atoms with Crippen molar-refractivity contribution in [3.8, 4) is 0 Å². The number of halogens is 1. The molecule has 1 aromatic rings. The van der Waals surface area contributed by atoms with Gasteiger partial charge in [-0.25, -0.2) is 9.59 Å². The van der Waals surface area contributed by atoms with Gasteiger partial charge in [-0.3, -0.25) is 0 Å². The maximum Gasteiger partial charge on any atom is 0.326 e. The fourth-order valence-electron chi connectivity index (χ4n) is 2.47. The number of hydrogen-bond acceptors (Lipinski definition) is 2. The van der Waals surface area contributed by atoms with Gasteiger partial charge in [-0.1, -0.05) is 24.6 Å². The van der Waals surface area contributed by atoms with Crippen LogP contribution in [0.2, 0.25) is 5.02 Å². The van der Waals surface area contributed by atoms with Crippen LogP contribution in [0.15, 0.2) is 18.2 Å². The summed E-state index contributed by atoms with van der Waals surface area (Å²) in [7, 11) is 0. The molecule has 0 aliphatic carbocycles. The quantitative estimate of drug-likeness (QED) is 0.881. The van der Waals surface area contributed by atoms with Gasteiger partial charge in [0.15, 0.2) is 0 Å². The summed E-state index contributed by atoms with van der Waals surface area (Å²) in [5, 5.41) is 12.5. The minimum absolute atomic E-state index is 0.0429. The molecule has 2 N–H and O–H groups in total. The van der Waals surface area contributed by atoms with E-state index in [0.29, 0.717) is 23.7 Å². The third-order valence-corrected chi connectivity index (χ3v) is 3.89. The molecule has 1 aliphatic heterocycles. The number of aryl methyl sites for hydroxylation is 1. The number of aliphatic carboxylic acids is 1. The number of amides is 2. The fourth-order valence-corrected chi connectivity index (χ4v) is 2.64. The number of anilines is 1. The Morgan fingerprint density at radius 2 is 2.15 bits per heavy atom. The number of urea groups is 1. The summed E-state index contributed by atoms with van der Waals surface area (Å²) in [6.45, 7) is 4.15. The zero-order valence-electron chi connectivity index (χ0n) is 11.4. The monoisotopic (exact) mass is 296 g/mol. The van der Waals surface area contributed by atoms with Crippen LogP contribution in [0.3, 0.4) is 0 Å². The van der Waals surface area contributed by atoms with E-state index in [0.717, 1.165) is 5.56 Å². The second-order valence-corrected chi connectivity index (χ2v) is 5.57. The molecule has 0 aromatic heterocycles. The van der Waals surface area contributed by atoms with Crippen molar-refractivity contribution in [3.05, 3.63) is 28.8 Å². The van der Waals surface area contributed by atoms with Crippen LogP contribution in [0.4, 0.5) is 10.5 Å². The van der Waals surface area contributed by atoms with Crippen molar-refractivity contribution < 1.29 is 14.7 Å². The van der Waals surface area contributed by atoms with E-state index in [-0.39, 0.29) is 5.92 Å². The van der Waals surface area contributed by atoms with E-state index in [2.05, 4.69) is 5.32 Å². The first-order valence-electron chi connectivity index (χ1n) is 6.46. The Hall–Kier alpha value is -1.75. The Labute approximate surface area is 122 Å². The minimum Gasteiger partial charge on any atom is -0.480 e. The molecule has 108 valence electrons. The van der Waals surface area contributed by atoms with Gasteiger partial charge in [0.25, 0.3) is 0 Å². The summed E-state index contributed by atoms with van der Waals surface area (Å²) in [4.78, 5) is 24.9. The Morgan fingerprint density at radius 1 is 1.45 bits per heavy atom. The van der Waals surface area contributed by atoms with Gasteiger partial charge in [-0.2, -0.15) is 0 Å². The average molecular weight is 297 g/mol. The van der Waals surface area contributed by atoms with Gasteiger partial charge in [-0.15, -0.1) is 0 Å². The number of nitrogens with one attached hydrogen (secondary N) is 1. The van der Waals surface area contributed by atoms with Crippen molar-refractivity contribution in [1.82, 2.24) is 4.90 Å². The number of carboxylic acids is 1. The molecule has 2 rings (SSSR count). The predicted molar refractivity (Wildman–Crippen MR) is 77.1 cm³/mol. The summed E-state index contributed by atoms with van der Waals surface area (Å²) in [6, 6.07) is 4.04. The highest BCUT2D eigenvalue weighted by molar-refractivity contribution is 6.31. The summed E-state index contributed by atoms with van der Waals surface area (Å²) in [6.07, 6.45) is 0.693. The maximum absolute atomic E-state index is 12.2. The number of rotatable bonds is 2. The summed E-state index contributed by atoms with van der Waals surface area (Å²) in [5.74, 6) is -1.01. The lowest BCUT2D eigenvalue weighted by atomic mass is 10.0. The molecule has 0 saturated carbocycles. The van der Waals surface area contributed by atoms with Crippen LogP contribution in [-0.2, 0) is 4.79 Å². The molecule has 1 aromatic carbocycles. The standard InChI is InChI=1S/C14H17ClN2O3/c1-8-3-4-10(15)7-11(8)16-14(20)17-6-5-9(2)12(17)13(18)19/h3-4,7,9,12H,5-6H2,1-2H3,(H,16,20)(H,18,19). The molecule has 2 atom stereocenters. The number of hydrogen-bond donors (Lipinski definition) is 2. The average Bonchev–Trinajstić information content (AvgIpc) is 2.76. The van der Waals surface area contributed by atoms with Crippen molar-refractivity contribution in [2.75, 3.05) is 11.9 Å². The molecule has 20 heavy (non-hydrogen) atoms. The largest absolute Gasteiger partial charge is 0.480 e. The summed E-state index contributed by atoms with van der Waals surface area (Å²) in [5.41, 5.74) is 1.48. The highest BCUT2D eigenvalue weighted by atomic mass is 35.5. The fraction of sp³-hybridized carbons (Fsp3) is 0.429. The van der Waals surface area contributed by atoms with Crippen molar-refractivity contribution in [2.45, 2.75) is 26.3 Å². The Kier molecular flexibility index (Phi) is 4.18. The molecular weight excluding hydrogens is 280 g/mol. The van der Waals surface area contributed by atoms with Crippen LogP contribution in [-0.4, -0.2) is 34.6 Å². The third kappa shape index (κ3) is 2.88. The molecule has 1 fully saturated rings. The third-order valence-electron chi connectivity index (χ3n) is 3.66. The molecule has 1 heterocycles. The van der Waals surface area contributed by atoms with Crippen LogP contribution in [0.5, 0.6) is 0 Å². The van der Waals surface area contributed by atoms with Gasteiger partial charge in [0.2, 0.25) is 0 Å². The summed E-state index contributed by atoms with van der Waals surface area (Å²) >= 11 is 5.90. The normalized spacial score (nSPS) is 21.9. The number of carbonyl (C=O) groups excluding carboxylic acids is 1. The molecule has 2 unspecified atom stereocenters. The second-order valence-electron chi connectivity index (χ2n) is 5.13. The topological polar surface area (TPSA) is 69.6 Å². The molecular formula is C14H17ClN2O3. The van der Waals surface area contributed by atoms with Gasteiger partial charge in [0.1, 0.15) is 6.04 Å². The molecule has 6 heteroatoms. The lowest BCUT2D eigenvalue weighted by Gasteiger charge is -2.24. The van der Waals surface area contributed by atoms with Crippen LogP contribution in [0, 0.1) is 12.8 Å². The predicted octanol–water partition coefficient (Wildman–Crippen LogP) is 2.98. The van der Waals surface area contributed by atoms with Crippen LogP contribution >= 0.6 is 11.6 Å². The molecule has 0 bridgehead atoms. The SMILES string of the molecule is Cc1ccc(Cl)cc1NC(=O)N1CCC(C)C1C(=O)O. The maximum atomic E-state index is 12.2. The Balaban J connectivity index is 2.16. The minimum atomic E-state index is -0.965. The highest BCUT2D eigenvalue weighted by Gasteiger charge is 2.39. The van der Waals surface area contributed by atoms with E-state index in [1.165, 1.54) is 4.90 Å². The molecule has 2 amide bonds. The molecule has 5 nitrogen and oxygen atoms in total. The van der Waals surface area contributed by atoms with Gasteiger partial charge in [0, 0.05) is 17.3 Å². The van der Waals surface area contributed by atoms with E-state index >= 15 is 0 Å². The lowest BCUT2D eigenvalue weighted by molar-refractivity contribution is -0.142. The molecule has 0 spiro atoms. The molecule has 1 saturated heterocycles. The van der Waals surface area contributed by atoms with Crippen LogP contribution in [0.1, 0.15) is 18.9 Å². The van der Waals surface area contributed by atoms with E-state index < -0.39 is 18.0 Å². The first kappa shape index (κ1) is 14.7. The van der Waals surface area contributed by atoms with E-state index in [1.54, 1.807) is 18.2 Å². The lowest BCUT2D eigenvalue weighted by Crippen LogP contribution is -2.44. The number of carboxylic acid groups (broad SMARTS) is 1. The molecule has 1 aliphatic rings. The van der Waals surface area contributed by atoms with Crippen molar-refractivity contribution in [3.63, 3.8) is 0 Å². The van der Waals surface area contributed by atoms with Crippen molar-refractivity contribution in [2.24, 2.45) is 5.92 Å². The first-order chi connectivity index (χ1) is 9.40.